The Balaban J connectivity index is 1.67. The lowest BCUT2D eigenvalue weighted by molar-refractivity contribution is 0.0330. The van der Waals surface area contributed by atoms with Gasteiger partial charge in [-0.3, -0.25) is 4.79 Å². The highest BCUT2D eigenvalue weighted by atomic mass is 16.5. The van der Waals surface area contributed by atoms with E-state index >= 15 is 0 Å². The number of amides is 1. The maximum absolute atomic E-state index is 12.2. The number of ether oxygens (including phenoxy) is 1. The third-order valence-electron chi connectivity index (χ3n) is 4.60. The maximum atomic E-state index is 12.2. The first-order valence-electron chi connectivity index (χ1n) is 8.41. The molecule has 0 unspecified atom stereocenters. The second-order valence-electron chi connectivity index (χ2n) is 6.33. The molecule has 5 heteroatoms. The highest BCUT2D eigenvalue weighted by Crippen LogP contribution is 2.25. The molecule has 0 spiro atoms. The van der Waals surface area contributed by atoms with Gasteiger partial charge in [-0.1, -0.05) is 30.3 Å². The summed E-state index contributed by atoms with van der Waals surface area (Å²) >= 11 is 0. The zero-order valence-corrected chi connectivity index (χ0v) is 14.0. The smallest absolute Gasteiger partial charge is 0.287 e. The van der Waals surface area contributed by atoms with Gasteiger partial charge in [0, 0.05) is 31.3 Å². The van der Waals surface area contributed by atoms with E-state index < -0.39 is 0 Å². The standard InChI is InChI=1S/C19H24N2O3/c1-15(16-6-3-2-4-7-16)21-19(9-12-23-13-10-19)14-20-18(22)17-8-5-11-24-17/h2-8,11,15,21H,9-10,12-14H2,1H3,(H,20,22)/t15-/m1/s1. The minimum absolute atomic E-state index is 0.171. The van der Waals surface area contributed by atoms with Crippen LogP contribution in [0.25, 0.3) is 0 Å². The summed E-state index contributed by atoms with van der Waals surface area (Å²) in [5.74, 6) is 0.161. The predicted molar refractivity (Wildman–Crippen MR) is 91.8 cm³/mol. The number of rotatable bonds is 6. The van der Waals surface area contributed by atoms with E-state index in [-0.39, 0.29) is 17.5 Å². The molecular formula is C19H24N2O3. The minimum atomic E-state index is -0.181. The summed E-state index contributed by atoms with van der Waals surface area (Å²) in [5, 5.41) is 6.73. The Bertz CT molecular complexity index is 634. The molecule has 1 aliphatic heterocycles. The molecule has 1 atom stereocenters. The van der Waals surface area contributed by atoms with Crippen LogP contribution in [0.5, 0.6) is 0 Å². The van der Waals surface area contributed by atoms with Crippen molar-refractivity contribution in [1.29, 1.82) is 0 Å². The van der Waals surface area contributed by atoms with Crippen LogP contribution in [0, 0.1) is 0 Å². The van der Waals surface area contributed by atoms with E-state index in [1.807, 2.05) is 18.2 Å². The highest BCUT2D eigenvalue weighted by Gasteiger charge is 2.34. The summed E-state index contributed by atoms with van der Waals surface area (Å²) in [6, 6.07) is 13.9. The van der Waals surface area contributed by atoms with Crippen LogP contribution in [0.2, 0.25) is 0 Å². The molecule has 0 radical (unpaired) electrons. The van der Waals surface area contributed by atoms with Crippen LogP contribution in [0.15, 0.2) is 53.1 Å². The van der Waals surface area contributed by atoms with E-state index in [2.05, 4.69) is 29.7 Å². The maximum Gasteiger partial charge on any atom is 0.287 e. The molecule has 128 valence electrons. The van der Waals surface area contributed by atoms with Gasteiger partial charge in [-0.25, -0.2) is 0 Å². The van der Waals surface area contributed by atoms with Crippen LogP contribution in [0.4, 0.5) is 0 Å². The number of hydrogen-bond acceptors (Lipinski definition) is 4. The van der Waals surface area contributed by atoms with Gasteiger partial charge in [0.2, 0.25) is 0 Å². The quantitative estimate of drug-likeness (QED) is 0.856. The van der Waals surface area contributed by atoms with Crippen molar-refractivity contribution in [3.8, 4) is 0 Å². The Hall–Kier alpha value is -2.11. The van der Waals surface area contributed by atoms with Gasteiger partial charge in [-0.05, 0) is 37.5 Å². The predicted octanol–water partition coefficient (Wildman–Crippen LogP) is 2.91. The summed E-state index contributed by atoms with van der Waals surface area (Å²) in [4.78, 5) is 12.2. The molecule has 0 saturated carbocycles. The molecule has 1 aromatic heterocycles. The first kappa shape index (κ1) is 16.7. The van der Waals surface area contributed by atoms with Crippen molar-refractivity contribution in [2.24, 2.45) is 0 Å². The van der Waals surface area contributed by atoms with Crippen molar-refractivity contribution < 1.29 is 13.9 Å². The molecule has 1 amide bonds. The Morgan fingerprint density at radius 1 is 1.17 bits per heavy atom. The molecule has 0 bridgehead atoms. The van der Waals surface area contributed by atoms with Gasteiger partial charge < -0.3 is 19.8 Å². The van der Waals surface area contributed by atoms with Crippen LogP contribution in [0.3, 0.4) is 0 Å². The summed E-state index contributed by atoms with van der Waals surface area (Å²) in [7, 11) is 0. The fraction of sp³-hybridized carbons (Fsp3) is 0.421. The van der Waals surface area contributed by atoms with E-state index in [0.29, 0.717) is 25.5 Å². The summed E-state index contributed by atoms with van der Waals surface area (Å²) in [6.45, 7) is 4.10. The van der Waals surface area contributed by atoms with Crippen molar-refractivity contribution in [3.05, 3.63) is 60.1 Å². The first-order valence-corrected chi connectivity index (χ1v) is 8.41. The molecular weight excluding hydrogens is 304 g/mol. The average Bonchev–Trinajstić information content (AvgIpc) is 3.16. The summed E-state index contributed by atoms with van der Waals surface area (Å²) < 4.78 is 10.7. The number of nitrogens with one attached hydrogen (secondary N) is 2. The monoisotopic (exact) mass is 328 g/mol. The second-order valence-corrected chi connectivity index (χ2v) is 6.33. The topological polar surface area (TPSA) is 63.5 Å². The Morgan fingerprint density at radius 2 is 1.92 bits per heavy atom. The van der Waals surface area contributed by atoms with E-state index in [0.717, 1.165) is 12.8 Å². The SMILES string of the molecule is C[C@@H](NC1(CNC(=O)c2ccco2)CCOCC1)c1ccccc1. The normalized spacial score (nSPS) is 18.0. The third-order valence-corrected chi connectivity index (χ3v) is 4.60. The number of carbonyl (C=O) groups excluding carboxylic acids is 1. The van der Waals surface area contributed by atoms with Gasteiger partial charge in [-0.15, -0.1) is 0 Å². The largest absolute Gasteiger partial charge is 0.459 e. The second kappa shape index (κ2) is 7.64. The van der Waals surface area contributed by atoms with E-state index in [1.54, 1.807) is 12.1 Å². The molecule has 2 heterocycles. The summed E-state index contributed by atoms with van der Waals surface area (Å²) in [6.07, 6.45) is 3.24. The number of benzene rings is 1. The van der Waals surface area contributed by atoms with E-state index in [4.69, 9.17) is 9.15 Å². The molecule has 24 heavy (non-hydrogen) atoms. The van der Waals surface area contributed by atoms with Gasteiger partial charge in [-0.2, -0.15) is 0 Å². The van der Waals surface area contributed by atoms with E-state index in [1.165, 1.54) is 11.8 Å². The van der Waals surface area contributed by atoms with Crippen LogP contribution in [-0.4, -0.2) is 31.2 Å². The van der Waals surface area contributed by atoms with Crippen molar-refractivity contribution in [3.63, 3.8) is 0 Å². The zero-order valence-electron chi connectivity index (χ0n) is 14.0. The Morgan fingerprint density at radius 3 is 2.58 bits per heavy atom. The Labute approximate surface area is 142 Å². The number of hydrogen-bond donors (Lipinski definition) is 2. The van der Waals surface area contributed by atoms with Gasteiger partial charge in [0.05, 0.1) is 6.26 Å². The molecule has 2 aromatic rings. The third kappa shape index (κ3) is 4.04. The average molecular weight is 328 g/mol. The van der Waals surface area contributed by atoms with Gasteiger partial charge in [0.15, 0.2) is 5.76 Å². The fourth-order valence-corrected chi connectivity index (χ4v) is 3.16. The Kier molecular flexibility index (Phi) is 5.33. The molecule has 1 aliphatic rings. The molecule has 5 nitrogen and oxygen atoms in total. The van der Waals surface area contributed by atoms with Crippen molar-refractivity contribution in [2.45, 2.75) is 31.3 Å². The fourth-order valence-electron chi connectivity index (χ4n) is 3.16. The summed E-state index contributed by atoms with van der Waals surface area (Å²) in [5.41, 5.74) is 1.07. The lowest BCUT2D eigenvalue weighted by atomic mass is 9.88. The van der Waals surface area contributed by atoms with Crippen LogP contribution < -0.4 is 10.6 Å². The lowest BCUT2D eigenvalue weighted by Crippen LogP contribution is -2.57. The lowest BCUT2D eigenvalue weighted by Gasteiger charge is -2.40. The molecule has 1 fully saturated rings. The molecule has 0 aliphatic carbocycles. The molecule has 1 saturated heterocycles. The first-order chi connectivity index (χ1) is 11.7. The highest BCUT2D eigenvalue weighted by molar-refractivity contribution is 5.91. The number of furan rings is 1. The minimum Gasteiger partial charge on any atom is -0.459 e. The van der Waals surface area contributed by atoms with E-state index in [9.17, 15) is 4.79 Å². The van der Waals surface area contributed by atoms with Crippen LogP contribution in [-0.2, 0) is 4.74 Å². The van der Waals surface area contributed by atoms with Crippen molar-refractivity contribution in [1.82, 2.24) is 10.6 Å². The van der Waals surface area contributed by atoms with Crippen LogP contribution >= 0.6 is 0 Å². The zero-order chi connectivity index (χ0) is 16.8. The molecule has 1 aromatic carbocycles. The molecule has 2 N–H and O–H groups in total. The van der Waals surface area contributed by atoms with Crippen molar-refractivity contribution >= 4 is 5.91 Å². The van der Waals surface area contributed by atoms with Gasteiger partial charge >= 0.3 is 0 Å². The number of carbonyl (C=O) groups is 1. The van der Waals surface area contributed by atoms with Gasteiger partial charge in [0.25, 0.3) is 5.91 Å². The van der Waals surface area contributed by atoms with Gasteiger partial charge in [0.1, 0.15) is 0 Å². The van der Waals surface area contributed by atoms with Crippen LogP contribution in [0.1, 0.15) is 41.9 Å². The molecule has 3 rings (SSSR count). The van der Waals surface area contributed by atoms with Crippen molar-refractivity contribution in [2.75, 3.05) is 19.8 Å².